The number of nitrogens with one attached hydrogen (secondary N) is 1. The molecule has 0 spiro atoms. The van der Waals surface area contributed by atoms with E-state index in [1.807, 2.05) is 0 Å². The van der Waals surface area contributed by atoms with Gasteiger partial charge in [-0.15, -0.1) is 12.4 Å². The number of carbonyl (C=O) groups is 1. The van der Waals surface area contributed by atoms with E-state index >= 15 is 0 Å². The number of pyridine rings is 1. The van der Waals surface area contributed by atoms with Gasteiger partial charge in [-0.3, -0.25) is 9.78 Å². The molecule has 1 aromatic heterocycles. The molecule has 0 aliphatic heterocycles. The first-order chi connectivity index (χ1) is 8.68. The van der Waals surface area contributed by atoms with Crippen LogP contribution in [0.5, 0.6) is 0 Å². The number of halogens is 1. The summed E-state index contributed by atoms with van der Waals surface area (Å²) in [6, 6.07) is 1.86. The van der Waals surface area contributed by atoms with Crippen molar-refractivity contribution in [3.05, 3.63) is 24.0 Å². The maximum Gasteiger partial charge on any atom is 0.255 e. The molecule has 1 fully saturated rings. The largest absolute Gasteiger partial charge is 0.398 e. The molecule has 5 heteroatoms. The second-order valence-corrected chi connectivity index (χ2v) is 5.12. The van der Waals surface area contributed by atoms with Crippen LogP contribution in [0.4, 0.5) is 5.69 Å². The van der Waals surface area contributed by atoms with E-state index in [1.165, 1.54) is 38.3 Å². The third-order valence-corrected chi connectivity index (χ3v) is 3.82. The Morgan fingerprint density at radius 3 is 2.74 bits per heavy atom. The summed E-state index contributed by atoms with van der Waals surface area (Å²) in [7, 11) is 0. The Morgan fingerprint density at radius 1 is 1.42 bits per heavy atom. The molecule has 1 aliphatic carbocycles. The molecule has 1 unspecified atom stereocenters. The molecule has 2 rings (SSSR count). The summed E-state index contributed by atoms with van der Waals surface area (Å²) in [5, 5.41) is 3.05. The summed E-state index contributed by atoms with van der Waals surface area (Å²) in [5.74, 6) is 0.485. The van der Waals surface area contributed by atoms with Gasteiger partial charge in [0.1, 0.15) is 0 Å². The molecule has 3 N–H and O–H groups in total. The summed E-state index contributed by atoms with van der Waals surface area (Å²) in [6.45, 7) is 2.08. The van der Waals surface area contributed by atoms with Gasteiger partial charge in [0.2, 0.25) is 0 Å². The second-order valence-electron chi connectivity index (χ2n) is 5.12. The Hall–Kier alpha value is -1.29. The van der Waals surface area contributed by atoms with E-state index in [4.69, 9.17) is 5.73 Å². The lowest BCUT2D eigenvalue weighted by Crippen LogP contribution is -2.39. The van der Waals surface area contributed by atoms with Gasteiger partial charge < -0.3 is 11.1 Å². The van der Waals surface area contributed by atoms with Crippen LogP contribution >= 0.6 is 12.4 Å². The minimum absolute atomic E-state index is 0. The monoisotopic (exact) mass is 283 g/mol. The Bertz CT molecular complexity index is 419. The number of hydrogen-bond donors (Lipinski definition) is 2. The topological polar surface area (TPSA) is 68.0 Å². The van der Waals surface area contributed by atoms with Gasteiger partial charge in [0.25, 0.3) is 5.91 Å². The van der Waals surface area contributed by atoms with Crippen LogP contribution in [-0.4, -0.2) is 16.9 Å². The molecule has 1 aromatic rings. The number of amides is 1. The first-order valence-corrected chi connectivity index (χ1v) is 6.69. The van der Waals surface area contributed by atoms with Crippen LogP contribution in [0.3, 0.4) is 0 Å². The molecular weight excluding hydrogens is 262 g/mol. The van der Waals surface area contributed by atoms with E-state index < -0.39 is 0 Å². The first kappa shape index (κ1) is 15.8. The van der Waals surface area contributed by atoms with Gasteiger partial charge in [0.15, 0.2) is 0 Å². The molecule has 1 aliphatic rings. The van der Waals surface area contributed by atoms with Gasteiger partial charge >= 0.3 is 0 Å². The second kappa shape index (κ2) is 7.34. The summed E-state index contributed by atoms with van der Waals surface area (Å²) >= 11 is 0. The number of aromatic nitrogens is 1. The molecular formula is C14H22ClN3O. The maximum atomic E-state index is 12.1. The maximum absolute atomic E-state index is 12.1. The molecule has 0 bridgehead atoms. The summed E-state index contributed by atoms with van der Waals surface area (Å²) in [4.78, 5) is 16.0. The zero-order valence-corrected chi connectivity index (χ0v) is 12.1. The number of rotatable bonds is 3. The fourth-order valence-electron chi connectivity index (χ4n) is 2.63. The summed E-state index contributed by atoms with van der Waals surface area (Å²) in [5.41, 5.74) is 6.73. The molecule has 0 saturated heterocycles. The third kappa shape index (κ3) is 4.10. The van der Waals surface area contributed by atoms with Crippen molar-refractivity contribution in [3.63, 3.8) is 0 Å². The van der Waals surface area contributed by atoms with Crippen molar-refractivity contribution < 1.29 is 4.79 Å². The average Bonchev–Trinajstić information content (AvgIpc) is 2.40. The number of carbonyl (C=O) groups excluding carboxylic acids is 1. The van der Waals surface area contributed by atoms with Crippen LogP contribution in [-0.2, 0) is 0 Å². The van der Waals surface area contributed by atoms with E-state index in [9.17, 15) is 4.79 Å². The van der Waals surface area contributed by atoms with Gasteiger partial charge in [-0.05, 0) is 31.7 Å². The highest BCUT2D eigenvalue weighted by molar-refractivity contribution is 5.98. The van der Waals surface area contributed by atoms with Crippen molar-refractivity contribution in [3.8, 4) is 0 Å². The SMILES string of the molecule is CC(NC(=O)c1cnccc1N)C1CCCCC1.Cl. The predicted octanol–water partition coefficient (Wildman–Crippen LogP) is 2.78. The van der Waals surface area contributed by atoms with Gasteiger partial charge in [0.05, 0.1) is 5.56 Å². The summed E-state index contributed by atoms with van der Waals surface area (Å²) in [6.07, 6.45) is 9.43. The lowest BCUT2D eigenvalue weighted by molar-refractivity contribution is 0.0920. The zero-order valence-electron chi connectivity index (χ0n) is 11.3. The smallest absolute Gasteiger partial charge is 0.255 e. The van der Waals surface area contributed by atoms with Crippen molar-refractivity contribution in [2.24, 2.45) is 5.92 Å². The first-order valence-electron chi connectivity index (χ1n) is 6.69. The van der Waals surface area contributed by atoms with Gasteiger partial charge in [-0.1, -0.05) is 19.3 Å². The predicted molar refractivity (Wildman–Crippen MR) is 79.4 cm³/mol. The molecule has 0 aromatic carbocycles. The molecule has 1 heterocycles. The zero-order chi connectivity index (χ0) is 13.0. The normalized spacial score (nSPS) is 17.3. The van der Waals surface area contributed by atoms with Gasteiger partial charge in [-0.2, -0.15) is 0 Å². The van der Waals surface area contributed by atoms with Crippen LogP contribution in [0, 0.1) is 5.92 Å². The van der Waals surface area contributed by atoms with Crippen LogP contribution in [0.2, 0.25) is 0 Å². The van der Waals surface area contributed by atoms with Crippen molar-refractivity contribution in [1.82, 2.24) is 10.3 Å². The fourth-order valence-corrected chi connectivity index (χ4v) is 2.63. The number of nitrogens with zero attached hydrogens (tertiary/aromatic N) is 1. The molecule has 1 atom stereocenters. The molecule has 19 heavy (non-hydrogen) atoms. The van der Waals surface area contributed by atoms with E-state index in [1.54, 1.807) is 12.3 Å². The highest BCUT2D eigenvalue weighted by Gasteiger charge is 2.22. The van der Waals surface area contributed by atoms with Crippen molar-refractivity contribution in [2.45, 2.75) is 45.1 Å². The minimum atomic E-state index is -0.112. The number of anilines is 1. The minimum Gasteiger partial charge on any atom is -0.398 e. The number of nitrogens with two attached hydrogens (primary N) is 1. The van der Waals surface area contributed by atoms with Gasteiger partial charge in [0, 0.05) is 24.1 Å². The van der Waals surface area contributed by atoms with E-state index in [-0.39, 0.29) is 24.4 Å². The van der Waals surface area contributed by atoms with Crippen molar-refractivity contribution >= 4 is 24.0 Å². The average molecular weight is 284 g/mol. The number of hydrogen-bond acceptors (Lipinski definition) is 3. The highest BCUT2D eigenvalue weighted by atomic mass is 35.5. The molecule has 1 saturated carbocycles. The molecule has 106 valence electrons. The van der Waals surface area contributed by atoms with Crippen LogP contribution < -0.4 is 11.1 Å². The van der Waals surface area contributed by atoms with E-state index in [2.05, 4.69) is 17.2 Å². The third-order valence-electron chi connectivity index (χ3n) is 3.82. The summed E-state index contributed by atoms with van der Waals surface area (Å²) < 4.78 is 0. The van der Waals surface area contributed by atoms with Crippen LogP contribution in [0.1, 0.15) is 49.4 Å². The molecule has 0 radical (unpaired) electrons. The standard InChI is InChI=1S/C14H21N3O.ClH/c1-10(11-5-3-2-4-6-11)17-14(18)12-9-16-8-7-13(12)15;/h7-11H,2-6H2,1H3,(H2,15,16)(H,17,18);1H. The molecule has 4 nitrogen and oxygen atoms in total. The van der Waals surface area contributed by atoms with E-state index in [0.717, 1.165) is 0 Å². The molecule has 1 amide bonds. The Balaban J connectivity index is 0.00000180. The van der Waals surface area contributed by atoms with Crippen molar-refractivity contribution in [2.75, 3.05) is 5.73 Å². The van der Waals surface area contributed by atoms with E-state index in [0.29, 0.717) is 17.2 Å². The Labute approximate surface area is 120 Å². The Morgan fingerprint density at radius 2 is 2.11 bits per heavy atom. The lowest BCUT2D eigenvalue weighted by atomic mass is 9.84. The quantitative estimate of drug-likeness (QED) is 0.896. The Kier molecular flexibility index (Phi) is 6.09. The lowest BCUT2D eigenvalue weighted by Gasteiger charge is -2.28. The van der Waals surface area contributed by atoms with Crippen molar-refractivity contribution in [1.29, 1.82) is 0 Å². The fraction of sp³-hybridized carbons (Fsp3) is 0.571. The highest BCUT2D eigenvalue weighted by Crippen LogP contribution is 2.26. The van der Waals surface area contributed by atoms with Crippen LogP contribution in [0.15, 0.2) is 18.5 Å². The van der Waals surface area contributed by atoms with Crippen LogP contribution in [0.25, 0.3) is 0 Å². The van der Waals surface area contributed by atoms with Gasteiger partial charge in [-0.25, -0.2) is 0 Å². The number of nitrogen functional groups attached to an aromatic ring is 1.